The van der Waals surface area contributed by atoms with Crippen molar-refractivity contribution in [2.45, 2.75) is 17.0 Å². The smallest absolute Gasteiger partial charge is 0.267 e. The summed E-state index contributed by atoms with van der Waals surface area (Å²) in [6.07, 6.45) is 0. The van der Waals surface area contributed by atoms with Gasteiger partial charge in [-0.1, -0.05) is 22.0 Å². The Hall–Kier alpha value is -2.08. The Kier molecular flexibility index (Phi) is 5.58. The molecule has 0 bridgehead atoms. The Morgan fingerprint density at radius 2 is 2.18 bits per heavy atom. The van der Waals surface area contributed by atoms with E-state index in [4.69, 9.17) is 0 Å². The van der Waals surface area contributed by atoms with E-state index in [2.05, 4.69) is 41.8 Å². The molecule has 11 heteroatoms. The highest BCUT2D eigenvalue weighted by atomic mass is 79.9. The van der Waals surface area contributed by atoms with Crippen LogP contribution in [0.2, 0.25) is 0 Å². The van der Waals surface area contributed by atoms with Gasteiger partial charge < -0.3 is 5.32 Å². The molecule has 0 unspecified atom stereocenters. The fourth-order valence-electron chi connectivity index (χ4n) is 2.39. The molecule has 0 radical (unpaired) electrons. The average molecular weight is 493 g/mol. The van der Waals surface area contributed by atoms with Crippen LogP contribution in [0, 0.1) is 6.92 Å². The summed E-state index contributed by atoms with van der Waals surface area (Å²) >= 11 is 7.85. The van der Waals surface area contributed by atoms with Crippen molar-refractivity contribution in [3.05, 3.63) is 50.8 Å². The molecule has 1 aromatic carbocycles. The minimum absolute atomic E-state index is 0.186. The van der Waals surface area contributed by atoms with Crippen LogP contribution in [-0.4, -0.2) is 31.1 Å². The number of tetrazole rings is 1. The van der Waals surface area contributed by atoms with E-state index < -0.39 is 0 Å². The third-order valence-corrected chi connectivity index (χ3v) is 7.50. The number of hydrogen-bond donors (Lipinski definition) is 1. The van der Waals surface area contributed by atoms with Crippen molar-refractivity contribution in [3.8, 4) is 9.88 Å². The minimum Gasteiger partial charge on any atom is -0.320 e. The van der Waals surface area contributed by atoms with E-state index in [9.17, 15) is 4.79 Å². The number of carbonyl (C=O) groups is 1. The topological polar surface area (TPSA) is 85.6 Å². The van der Waals surface area contributed by atoms with Crippen LogP contribution in [0.4, 0.5) is 5.69 Å². The maximum Gasteiger partial charge on any atom is 0.267 e. The number of thiophene rings is 1. The van der Waals surface area contributed by atoms with Gasteiger partial charge in [-0.05, 0) is 58.8 Å². The summed E-state index contributed by atoms with van der Waals surface area (Å²) in [7, 11) is 1.77. The lowest BCUT2D eigenvalue weighted by Gasteiger charge is -2.10. The zero-order valence-electron chi connectivity index (χ0n) is 14.7. The Bertz CT molecular complexity index is 1140. The van der Waals surface area contributed by atoms with E-state index in [1.54, 1.807) is 23.1 Å². The number of thiazole rings is 1. The number of amides is 1. The molecule has 3 aromatic heterocycles. The van der Waals surface area contributed by atoms with Gasteiger partial charge in [0.2, 0.25) is 5.16 Å². The van der Waals surface area contributed by atoms with E-state index in [1.807, 2.05) is 42.6 Å². The number of carbonyl (C=O) groups excluding carboxylic acids is 1. The number of nitrogens with one attached hydrogen (secondary N) is 1. The van der Waals surface area contributed by atoms with Crippen LogP contribution >= 0.6 is 50.4 Å². The van der Waals surface area contributed by atoms with Crippen LogP contribution in [0.25, 0.3) is 9.88 Å². The van der Waals surface area contributed by atoms with Gasteiger partial charge in [-0.2, -0.15) is 0 Å². The predicted octanol–water partition coefficient (Wildman–Crippen LogP) is 4.87. The van der Waals surface area contributed by atoms with Crippen molar-refractivity contribution in [3.63, 3.8) is 0 Å². The summed E-state index contributed by atoms with van der Waals surface area (Å²) in [6.45, 7) is 1.85. The lowest BCUT2D eigenvalue weighted by atomic mass is 10.3. The van der Waals surface area contributed by atoms with E-state index in [-0.39, 0.29) is 5.91 Å². The molecule has 3 heterocycles. The van der Waals surface area contributed by atoms with Crippen LogP contribution in [-0.2, 0) is 7.05 Å². The summed E-state index contributed by atoms with van der Waals surface area (Å²) in [5.74, 6) is -0.186. The Morgan fingerprint density at radius 1 is 1.32 bits per heavy atom. The highest BCUT2D eigenvalue weighted by molar-refractivity contribution is 9.10. The molecule has 0 saturated carbocycles. The summed E-state index contributed by atoms with van der Waals surface area (Å²) in [5, 5.41) is 18.0. The van der Waals surface area contributed by atoms with E-state index in [0.29, 0.717) is 21.4 Å². The molecular weight excluding hydrogens is 480 g/mol. The molecular formula is C17H13BrN6OS3. The molecule has 7 nitrogen and oxygen atoms in total. The summed E-state index contributed by atoms with van der Waals surface area (Å²) in [5.41, 5.74) is 1.39. The number of halogens is 1. The first-order chi connectivity index (χ1) is 13.5. The second-order valence-electron chi connectivity index (χ2n) is 5.69. The molecule has 0 aliphatic heterocycles. The zero-order chi connectivity index (χ0) is 19.7. The van der Waals surface area contributed by atoms with Crippen LogP contribution < -0.4 is 5.32 Å². The predicted molar refractivity (Wildman–Crippen MR) is 115 cm³/mol. The van der Waals surface area contributed by atoms with Gasteiger partial charge in [0.25, 0.3) is 5.91 Å². The van der Waals surface area contributed by atoms with Crippen LogP contribution in [0.3, 0.4) is 0 Å². The van der Waals surface area contributed by atoms with Gasteiger partial charge in [0.05, 0.1) is 16.3 Å². The second-order valence-corrected chi connectivity index (χ2v) is 9.56. The monoisotopic (exact) mass is 492 g/mol. The van der Waals surface area contributed by atoms with Crippen molar-refractivity contribution >= 4 is 62.0 Å². The van der Waals surface area contributed by atoms with Crippen molar-refractivity contribution in [1.29, 1.82) is 0 Å². The first-order valence-corrected chi connectivity index (χ1v) is 11.3. The highest BCUT2D eigenvalue weighted by Gasteiger charge is 2.19. The van der Waals surface area contributed by atoms with Crippen molar-refractivity contribution in [1.82, 2.24) is 25.2 Å². The number of aryl methyl sites for hydroxylation is 2. The third-order valence-electron chi connectivity index (χ3n) is 3.71. The van der Waals surface area contributed by atoms with Gasteiger partial charge in [-0.3, -0.25) is 4.79 Å². The maximum absolute atomic E-state index is 12.9. The summed E-state index contributed by atoms with van der Waals surface area (Å²) in [4.78, 5) is 20.0. The SMILES string of the molecule is Cc1nc(-c2cccs2)sc1C(=O)Nc1cc(Br)ccc1Sc1nnnn1C. The van der Waals surface area contributed by atoms with E-state index in [1.165, 1.54) is 23.1 Å². The van der Waals surface area contributed by atoms with Gasteiger partial charge in [0, 0.05) is 16.4 Å². The number of hydrogen-bond acceptors (Lipinski definition) is 8. The standard InChI is InChI=1S/C17H13BrN6OS3/c1-9-14(28-16(19-9)13-4-3-7-26-13)15(25)20-11-8-10(18)5-6-12(11)27-17-21-22-23-24(17)2/h3-8H,1-2H3,(H,20,25). The lowest BCUT2D eigenvalue weighted by molar-refractivity contribution is 0.102. The van der Waals surface area contributed by atoms with Gasteiger partial charge in [-0.25, -0.2) is 9.67 Å². The molecule has 1 amide bonds. The quantitative estimate of drug-likeness (QED) is 0.427. The highest BCUT2D eigenvalue weighted by Crippen LogP contribution is 2.35. The van der Waals surface area contributed by atoms with Crippen LogP contribution in [0.5, 0.6) is 0 Å². The largest absolute Gasteiger partial charge is 0.320 e. The number of benzene rings is 1. The Balaban J connectivity index is 1.61. The summed E-state index contributed by atoms with van der Waals surface area (Å²) in [6, 6.07) is 9.66. The Morgan fingerprint density at radius 3 is 2.89 bits per heavy atom. The van der Waals surface area contributed by atoms with Gasteiger partial charge in [0.15, 0.2) is 0 Å². The molecule has 0 atom stereocenters. The number of nitrogens with zero attached hydrogens (tertiary/aromatic N) is 5. The fraction of sp³-hybridized carbons (Fsp3) is 0.118. The van der Waals surface area contributed by atoms with Crippen molar-refractivity contribution in [2.24, 2.45) is 7.05 Å². The fourth-order valence-corrected chi connectivity index (χ4v) is 5.30. The van der Waals surface area contributed by atoms with E-state index in [0.717, 1.165) is 19.3 Å². The second kappa shape index (κ2) is 8.11. The molecule has 0 fully saturated rings. The van der Waals surface area contributed by atoms with Gasteiger partial charge in [0.1, 0.15) is 9.88 Å². The Labute approximate surface area is 181 Å². The molecule has 4 rings (SSSR count). The van der Waals surface area contributed by atoms with Crippen LogP contribution in [0.15, 0.2) is 50.2 Å². The molecule has 142 valence electrons. The molecule has 28 heavy (non-hydrogen) atoms. The van der Waals surface area contributed by atoms with Gasteiger partial charge >= 0.3 is 0 Å². The molecule has 4 aromatic rings. The van der Waals surface area contributed by atoms with Crippen molar-refractivity contribution < 1.29 is 4.79 Å². The van der Waals surface area contributed by atoms with E-state index >= 15 is 0 Å². The molecule has 0 spiro atoms. The van der Waals surface area contributed by atoms with Gasteiger partial charge in [-0.15, -0.1) is 27.8 Å². The minimum atomic E-state index is -0.186. The molecule has 0 aliphatic carbocycles. The lowest BCUT2D eigenvalue weighted by Crippen LogP contribution is -2.12. The normalized spacial score (nSPS) is 11.0. The number of rotatable bonds is 5. The maximum atomic E-state index is 12.9. The first kappa shape index (κ1) is 19.2. The van der Waals surface area contributed by atoms with Crippen LogP contribution in [0.1, 0.15) is 15.4 Å². The summed E-state index contributed by atoms with van der Waals surface area (Å²) < 4.78 is 2.45. The third kappa shape index (κ3) is 4.02. The first-order valence-electron chi connectivity index (χ1n) is 8.03. The van der Waals surface area contributed by atoms with Crippen molar-refractivity contribution in [2.75, 3.05) is 5.32 Å². The molecule has 0 saturated heterocycles. The molecule has 0 aliphatic rings. The number of anilines is 1. The number of aromatic nitrogens is 5. The average Bonchev–Trinajstić information content (AvgIpc) is 3.39. The zero-order valence-corrected chi connectivity index (χ0v) is 18.7. The molecule has 1 N–H and O–H groups in total.